The smallest absolute Gasteiger partial charge is 0.325 e. The van der Waals surface area contributed by atoms with Crippen molar-refractivity contribution in [2.75, 3.05) is 26.9 Å². The van der Waals surface area contributed by atoms with Crippen LogP contribution in [-0.4, -0.2) is 43.9 Å². The van der Waals surface area contributed by atoms with Gasteiger partial charge < -0.3 is 9.47 Å². The Kier molecular flexibility index (Phi) is 6.37. The Morgan fingerprint density at radius 2 is 1.75 bits per heavy atom. The Balaban J connectivity index is 2.55. The number of carbonyl (C=O) groups is 2. The van der Waals surface area contributed by atoms with Gasteiger partial charge in [0.15, 0.2) is 5.41 Å². The summed E-state index contributed by atoms with van der Waals surface area (Å²) < 4.78 is 11.4. The van der Waals surface area contributed by atoms with E-state index in [2.05, 4.69) is 15.9 Å². The van der Waals surface area contributed by atoms with Crippen LogP contribution in [0.15, 0.2) is 28.7 Å². The van der Waals surface area contributed by atoms with Crippen LogP contribution in [0.2, 0.25) is 0 Å². The summed E-state index contributed by atoms with van der Waals surface area (Å²) in [6, 6.07) is 6.80. The zero-order valence-corrected chi connectivity index (χ0v) is 15.7. The SMILES string of the molecule is CCOC(=O)C1(C(=O)OCC)CCON(C)C1c1ccc(Br)cc1. The minimum absolute atomic E-state index is 0.192. The molecule has 1 fully saturated rings. The summed E-state index contributed by atoms with van der Waals surface area (Å²) >= 11 is 3.39. The number of hydrogen-bond donors (Lipinski definition) is 0. The third-order valence-electron chi connectivity index (χ3n) is 4.09. The Labute approximate surface area is 150 Å². The average molecular weight is 400 g/mol. The van der Waals surface area contributed by atoms with Crippen LogP contribution in [0.1, 0.15) is 31.9 Å². The molecular weight excluding hydrogens is 378 g/mol. The molecule has 1 aromatic rings. The lowest BCUT2D eigenvalue weighted by atomic mass is 9.73. The molecule has 24 heavy (non-hydrogen) atoms. The van der Waals surface area contributed by atoms with E-state index in [4.69, 9.17) is 14.3 Å². The van der Waals surface area contributed by atoms with E-state index >= 15 is 0 Å². The van der Waals surface area contributed by atoms with Crippen LogP contribution in [0.3, 0.4) is 0 Å². The minimum Gasteiger partial charge on any atom is -0.465 e. The molecule has 1 saturated heterocycles. The molecule has 1 atom stereocenters. The summed E-state index contributed by atoms with van der Waals surface area (Å²) in [5, 5.41) is 1.54. The van der Waals surface area contributed by atoms with Crippen molar-refractivity contribution in [3.8, 4) is 0 Å². The lowest BCUT2D eigenvalue weighted by molar-refractivity contribution is -0.247. The summed E-state index contributed by atoms with van der Waals surface area (Å²) in [4.78, 5) is 31.2. The van der Waals surface area contributed by atoms with Crippen LogP contribution in [0.4, 0.5) is 0 Å². The van der Waals surface area contributed by atoms with E-state index in [1.54, 1.807) is 26.0 Å². The molecule has 0 radical (unpaired) electrons. The highest BCUT2D eigenvalue weighted by molar-refractivity contribution is 9.10. The number of esters is 2. The largest absolute Gasteiger partial charge is 0.465 e. The van der Waals surface area contributed by atoms with Gasteiger partial charge in [-0.25, -0.2) is 0 Å². The van der Waals surface area contributed by atoms with Crippen LogP contribution in [0, 0.1) is 5.41 Å². The van der Waals surface area contributed by atoms with Crippen molar-refractivity contribution < 1.29 is 23.9 Å². The molecule has 0 amide bonds. The number of ether oxygens (including phenoxy) is 2. The van der Waals surface area contributed by atoms with Gasteiger partial charge in [0, 0.05) is 17.9 Å². The van der Waals surface area contributed by atoms with Crippen LogP contribution < -0.4 is 0 Å². The standard InChI is InChI=1S/C17H22BrNO5/c1-4-22-15(20)17(16(21)23-5-2)10-11-24-19(3)14(17)12-6-8-13(18)9-7-12/h6-9,14H,4-5,10-11H2,1-3H3. The Bertz CT molecular complexity index is 571. The highest BCUT2D eigenvalue weighted by Crippen LogP contribution is 2.46. The molecule has 1 aromatic carbocycles. The molecular formula is C17H22BrNO5. The molecule has 6 nitrogen and oxygen atoms in total. The monoisotopic (exact) mass is 399 g/mol. The summed E-state index contributed by atoms with van der Waals surface area (Å²) in [5.41, 5.74) is -0.672. The van der Waals surface area contributed by atoms with Crippen LogP contribution in [-0.2, 0) is 23.9 Å². The molecule has 2 rings (SSSR count). The van der Waals surface area contributed by atoms with E-state index in [1.165, 1.54) is 0 Å². The number of benzene rings is 1. The predicted octanol–water partition coefficient (Wildman–Crippen LogP) is 2.87. The van der Waals surface area contributed by atoms with Crippen LogP contribution in [0.25, 0.3) is 0 Å². The molecule has 0 bridgehead atoms. The molecule has 0 aromatic heterocycles. The van der Waals surface area contributed by atoms with E-state index in [0.29, 0.717) is 0 Å². The van der Waals surface area contributed by atoms with Crippen molar-refractivity contribution >= 4 is 27.9 Å². The second kappa shape index (κ2) is 8.09. The summed E-state index contributed by atoms with van der Waals surface area (Å²) in [7, 11) is 1.71. The van der Waals surface area contributed by atoms with Crippen molar-refractivity contribution in [3.63, 3.8) is 0 Å². The van der Waals surface area contributed by atoms with Crippen LogP contribution >= 0.6 is 15.9 Å². The molecule has 1 heterocycles. The van der Waals surface area contributed by atoms with Gasteiger partial charge in [-0.05, 0) is 31.5 Å². The number of rotatable bonds is 5. The van der Waals surface area contributed by atoms with Gasteiger partial charge in [-0.1, -0.05) is 28.1 Å². The maximum absolute atomic E-state index is 12.8. The lowest BCUT2D eigenvalue weighted by Gasteiger charge is -2.44. The zero-order valence-electron chi connectivity index (χ0n) is 14.1. The molecule has 132 valence electrons. The fourth-order valence-electron chi connectivity index (χ4n) is 3.04. The minimum atomic E-state index is -1.45. The van der Waals surface area contributed by atoms with E-state index in [1.807, 2.05) is 24.3 Å². The molecule has 7 heteroatoms. The van der Waals surface area contributed by atoms with Gasteiger partial charge in [0.05, 0.1) is 25.9 Å². The van der Waals surface area contributed by atoms with E-state index in [-0.39, 0.29) is 26.2 Å². The average Bonchev–Trinajstić information content (AvgIpc) is 2.56. The van der Waals surface area contributed by atoms with Gasteiger partial charge in [0.25, 0.3) is 0 Å². The third-order valence-corrected chi connectivity index (χ3v) is 4.62. The van der Waals surface area contributed by atoms with Crippen molar-refractivity contribution in [3.05, 3.63) is 34.3 Å². The van der Waals surface area contributed by atoms with Gasteiger partial charge >= 0.3 is 11.9 Å². The topological polar surface area (TPSA) is 65.1 Å². The van der Waals surface area contributed by atoms with Crippen molar-refractivity contribution in [2.45, 2.75) is 26.3 Å². The summed E-state index contributed by atoms with van der Waals surface area (Å²) in [6.45, 7) is 4.05. The second-order valence-electron chi connectivity index (χ2n) is 5.50. The normalized spacial score (nSPS) is 20.4. The first-order valence-electron chi connectivity index (χ1n) is 7.93. The van der Waals surface area contributed by atoms with Gasteiger partial charge in [0.1, 0.15) is 0 Å². The first-order valence-corrected chi connectivity index (χ1v) is 8.72. The van der Waals surface area contributed by atoms with Gasteiger partial charge in [-0.15, -0.1) is 0 Å². The van der Waals surface area contributed by atoms with E-state index < -0.39 is 23.4 Å². The van der Waals surface area contributed by atoms with Gasteiger partial charge in [-0.3, -0.25) is 14.4 Å². The van der Waals surface area contributed by atoms with Gasteiger partial charge in [0.2, 0.25) is 0 Å². The van der Waals surface area contributed by atoms with E-state index in [9.17, 15) is 9.59 Å². The van der Waals surface area contributed by atoms with Crippen molar-refractivity contribution in [1.29, 1.82) is 0 Å². The number of hydrogen-bond acceptors (Lipinski definition) is 6. The molecule has 0 N–H and O–H groups in total. The summed E-state index contributed by atoms with van der Waals surface area (Å²) in [5.74, 6) is -1.15. The van der Waals surface area contributed by atoms with E-state index in [0.717, 1.165) is 10.0 Å². The Morgan fingerprint density at radius 1 is 1.21 bits per heavy atom. The first kappa shape index (κ1) is 18.9. The Morgan fingerprint density at radius 3 is 2.25 bits per heavy atom. The number of halogens is 1. The molecule has 1 aliphatic heterocycles. The first-order chi connectivity index (χ1) is 11.5. The predicted molar refractivity (Wildman–Crippen MR) is 90.9 cm³/mol. The number of nitrogens with zero attached hydrogens (tertiary/aromatic N) is 1. The molecule has 0 saturated carbocycles. The van der Waals surface area contributed by atoms with Crippen molar-refractivity contribution in [1.82, 2.24) is 5.06 Å². The molecule has 0 spiro atoms. The highest BCUT2D eigenvalue weighted by atomic mass is 79.9. The number of hydroxylamine groups is 2. The second-order valence-corrected chi connectivity index (χ2v) is 6.41. The molecule has 1 unspecified atom stereocenters. The summed E-state index contributed by atoms with van der Waals surface area (Å²) in [6.07, 6.45) is 0.204. The van der Waals surface area contributed by atoms with Gasteiger partial charge in [-0.2, -0.15) is 5.06 Å². The fraction of sp³-hybridized carbons (Fsp3) is 0.529. The number of carbonyl (C=O) groups excluding carboxylic acids is 2. The quantitative estimate of drug-likeness (QED) is 0.560. The molecule has 0 aliphatic carbocycles. The van der Waals surface area contributed by atoms with Crippen LogP contribution in [0.5, 0.6) is 0 Å². The zero-order chi connectivity index (χ0) is 17.7. The maximum Gasteiger partial charge on any atom is 0.325 e. The maximum atomic E-state index is 12.8. The Hall–Kier alpha value is -1.44. The fourth-order valence-corrected chi connectivity index (χ4v) is 3.31. The van der Waals surface area contributed by atoms with Crippen molar-refractivity contribution in [2.24, 2.45) is 5.41 Å². The molecule has 1 aliphatic rings. The highest BCUT2D eigenvalue weighted by Gasteiger charge is 2.59. The third kappa shape index (κ3) is 3.48. The lowest BCUT2D eigenvalue weighted by Crippen LogP contribution is -2.55.